The highest BCUT2D eigenvalue weighted by Gasteiger charge is 2.33. The minimum atomic E-state index is -4.77. The molecule has 0 aliphatic rings. The van der Waals surface area contributed by atoms with E-state index in [2.05, 4.69) is 5.32 Å². The number of nitrogens with one attached hydrogen (secondary N) is 1. The molecule has 9 nitrogen and oxygen atoms in total. The Hall–Kier alpha value is -3.70. The zero-order valence-corrected chi connectivity index (χ0v) is 14.1. The van der Waals surface area contributed by atoms with E-state index in [1.807, 2.05) is 0 Å². The molecule has 148 valence electrons. The molecule has 0 saturated heterocycles. The molecule has 0 bridgehead atoms. The number of non-ortho nitro benzene ring substituents is 1. The topological polar surface area (TPSA) is 125 Å². The molecule has 2 aromatic carbocycles. The van der Waals surface area contributed by atoms with Crippen molar-refractivity contribution in [2.24, 2.45) is 0 Å². The second kappa shape index (κ2) is 7.90. The summed E-state index contributed by atoms with van der Waals surface area (Å²) in [5.41, 5.74) is -2.72. The van der Waals surface area contributed by atoms with Crippen molar-refractivity contribution in [3.05, 3.63) is 68.3 Å². The zero-order valence-electron chi connectivity index (χ0n) is 14.1. The number of rotatable bonds is 6. The fraction of sp³-hybridized carbons (Fsp3) is 0.188. The summed E-state index contributed by atoms with van der Waals surface area (Å²) >= 11 is 0. The maximum atomic E-state index is 12.7. The van der Waals surface area contributed by atoms with Crippen molar-refractivity contribution in [2.45, 2.75) is 19.1 Å². The van der Waals surface area contributed by atoms with Gasteiger partial charge in [0, 0.05) is 12.1 Å². The first kappa shape index (κ1) is 20.6. The lowest BCUT2D eigenvalue weighted by Crippen LogP contribution is -2.30. The van der Waals surface area contributed by atoms with E-state index < -0.39 is 39.3 Å². The molecule has 0 aromatic heterocycles. The molecule has 0 aliphatic heterocycles. The minimum Gasteiger partial charge on any atom is -0.425 e. The van der Waals surface area contributed by atoms with Crippen LogP contribution in [0.25, 0.3) is 0 Å². The smallest absolute Gasteiger partial charge is 0.416 e. The Balaban J connectivity index is 2.18. The summed E-state index contributed by atoms with van der Waals surface area (Å²) < 4.78 is 43.1. The fourth-order valence-corrected chi connectivity index (χ4v) is 2.14. The van der Waals surface area contributed by atoms with Gasteiger partial charge in [0.05, 0.1) is 21.5 Å². The van der Waals surface area contributed by atoms with Crippen LogP contribution in [0.2, 0.25) is 0 Å². The molecule has 0 spiro atoms. The Morgan fingerprint density at radius 3 is 2.36 bits per heavy atom. The number of nitro groups is 2. The van der Waals surface area contributed by atoms with E-state index in [1.54, 1.807) is 0 Å². The van der Waals surface area contributed by atoms with Gasteiger partial charge in [0.1, 0.15) is 17.5 Å². The molecular weight excluding hydrogens is 387 g/mol. The highest BCUT2D eigenvalue weighted by atomic mass is 19.4. The molecule has 2 aromatic rings. The average molecular weight is 399 g/mol. The number of benzene rings is 2. The summed E-state index contributed by atoms with van der Waals surface area (Å²) in [4.78, 5) is 32.2. The van der Waals surface area contributed by atoms with Crippen LogP contribution in [0.3, 0.4) is 0 Å². The van der Waals surface area contributed by atoms with Crippen LogP contribution in [0.15, 0.2) is 42.5 Å². The fourth-order valence-electron chi connectivity index (χ4n) is 2.14. The SMILES string of the molecule is C[C@H](Nc1ccc(C(F)(F)F)cc1[N+](=O)[O-])C(=O)Oc1cccc([N+](=O)[O-])c1. The second-order valence-corrected chi connectivity index (χ2v) is 5.53. The molecule has 0 fully saturated rings. The molecule has 0 amide bonds. The van der Waals surface area contributed by atoms with Crippen LogP contribution in [-0.2, 0) is 11.0 Å². The molecule has 0 unspecified atom stereocenters. The first-order valence-corrected chi connectivity index (χ1v) is 7.57. The Bertz CT molecular complexity index is 932. The maximum absolute atomic E-state index is 12.7. The van der Waals surface area contributed by atoms with E-state index in [1.165, 1.54) is 25.1 Å². The first-order valence-electron chi connectivity index (χ1n) is 7.57. The van der Waals surface area contributed by atoms with E-state index in [-0.39, 0.29) is 17.1 Å². The van der Waals surface area contributed by atoms with E-state index in [9.17, 15) is 38.2 Å². The average Bonchev–Trinajstić information content (AvgIpc) is 2.61. The van der Waals surface area contributed by atoms with Crippen LogP contribution in [0.5, 0.6) is 5.75 Å². The van der Waals surface area contributed by atoms with Crippen molar-refractivity contribution in [1.82, 2.24) is 0 Å². The second-order valence-electron chi connectivity index (χ2n) is 5.53. The van der Waals surface area contributed by atoms with Crippen LogP contribution in [0.1, 0.15) is 12.5 Å². The van der Waals surface area contributed by atoms with Crippen LogP contribution in [0.4, 0.5) is 30.2 Å². The van der Waals surface area contributed by atoms with Gasteiger partial charge >= 0.3 is 12.1 Å². The van der Waals surface area contributed by atoms with Gasteiger partial charge in [-0.05, 0) is 25.1 Å². The number of alkyl halides is 3. The number of anilines is 1. The summed E-state index contributed by atoms with van der Waals surface area (Å²) in [6.45, 7) is 1.26. The van der Waals surface area contributed by atoms with Crippen LogP contribution < -0.4 is 10.1 Å². The number of ether oxygens (including phenoxy) is 1. The quantitative estimate of drug-likeness (QED) is 0.338. The van der Waals surface area contributed by atoms with Gasteiger partial charge in [0.2, 0.25) is 0 Å². The van der Waals surface area contributed by atoms with Crippen LogP contribution in [-0.4, -0.2) is 21.9 Å². The van der Waals surface area contributed by atoms with Gasteiger partial charge in [0.25, 0.3) is 11.4 Å². The third-order valence-electron chi connectivity index (χ3n) is 3.49. The molecule has 0 saturated carbocycles. The van der Waals surface area contributed by atoms with Crippen molar-refractivity contribution < 1.29 is 32.5 Å². The Morgan fingerprint density at radius 1 is 1.11 bits per heavy atom. The van der Waals surface area contributed by atoms with Crippen LogP contribution in [0, 0.1) is 20.2 Å². The number of hydrogen-bond acceptors (Lipinski definition) is 7. The Morgan fingerprint density at radius 2 is 1.79 bits per heavy atom. The maximum Gasteiger partial charge on any atom is 0.416 e. The van der Waals surface area contributed by atoms with Gasteiger partial charge in [-0.3, -0.25) is 20.2 Å². The van der Waals surface area contributed by atoms with Gasteiger partial charge in [0.15, 0.2) is 0 Å². The van der Waals surface area contributed by atoms with E-state index in [0.717, 1.165) is 12.1 Å². The Labute approximate surface area is 155 Å². The molecule has 12 heteroatoms. The number of halogens is 3. The first-order chi connectivity index (χ1) is 13.0. The molecule has 2 rings (SSSR count). The lowest BCUT2D eigenvalue weighted by atomic mass is 10.1. The molecule has 0 radical (unpaired) electrons. The summed E-state index contributed by atoms with van der Waals surface area (Å²) in [6, 6.07) is 5.38. The number of carbonyl (C=O) groups is 1. The molecule has 1 atom stereocenters. The van der Waals surface area contributed by atoms with Crippen LogP contribution >= 0.6 is 0 Å². The zero-order chi connectivity index (χ0) is 21.1. The third-order valence-corrected chi connectivity index (χ3v) is 3.49. The molecular formula is C16H12F3N3O6. The number of esters is 1. The third kappa shape index (κ3) is 4.93. The van der Waals surface area contributed by atoms with Crippen molar-refractivity contribution in [2.75, 3.05) is 5.32 Å². The normalized spacial score (nSPS) is 12.1. The predicted molar refractivity (Wildman–Crippen MR) is 89.9 cm³/mol. The van der Waals surface area contributed by atoms with Crippen molar-refractivity contribution >= 4 is 23.0 Å². The van der Waals surface area contributed by atoms with Crippen molar-refractivity contribution in [3.63, 3.8) is 0 Å². The van der Waals surface area contributed by atoms with Gasteiger partial charge < -0.3 is 10.1 Å². The van der Waals surface area contributed by atoms with Gasteiger partial charge in [-0.2, -0.15) is 13.2 Å². The number of nitro benzene ring substituents is 2. The number of carbonyl (C=O) groups excluding carboxylic acids is 1. The molecule has 28 heavy (non-hydrogen) atoms. The largest absolute Gasteiger partial charge is 0.425 e. The monoisotopic (exact) mass is 399 g/mol. The lowest BCUT2D eigenvalue weighted by molar-refractivity contribution is -0.384. The molecule has 0 heterocycles. The summed E-state index contributed by atoms with van der Waals surface area (Å²) in [5.74, 6) is -1.08. The lowest BCUT2D eigenvalue weighted by Gasteiger charge is -2.15. The number of nitrogens with zero attached hydrogens (tertiary/aromatic N) is 2. The standard InChI is InChI=1S/C16H12F3N3O6/c1-9(15(23)28-12-4-2-3-11(8-12)21(24)25)20-13-6-5-10(16(17,18)19)7-14(13)22(26)27/h2-9,20H,1H3/t9-/m0/s1. The van der Waals surface area contributed by atoms with Gasteiger partial charge in [-0.1, -0.05) is 6.07 Å². The summed E-state index contributed by atoms with van der Waals surface area (Å²) in [6.07, 6.45) is -4.77. The van der Waals surface area contributed by atoms with Gasteiger partial charge in [-0.25, -0.2) is 4.79 Å². The minimum absolute atomic E-state index is 0.130. The molecule has 0 aliphatic carbocycles. The predicted octanol–water partition coefficient (Wildman–Crippen LogP) is 3.93. The molecule has 1 N–H and O–H groups in total. The highest BCUT2D eigenvalue weighted by Crippen LogP contribution is 2.35. The van der Waals surface area contributed by atoms with E-state index >= 15 is 0 Å². The highest BCUT2D eigenvalue weighted by molar-refractivity contribution is 5.82. The van der Waals surface area contributed by atoms with Gasteiger partial charge in [-0.15, -0.1) is 0 Å². The summed E-state index contributed by atoms with van der Waals surface area (Å²) in [7, 11) is 0. The van der Waals surface area contributed by atoms with E-state index in [4.69, 9.17) is 4.74 Å². The van der Waals surface area contributed by atoms with E-state index in [0.29, 0.717) is 12.1 Å². The summed E-state index contributed by atoms with van der Waals surface area (Å²) in [5, 5.41) is 24.2. The Kier molecular flexibility index (Phi) is 5.81. The number of hydrogen-bond donors (Lipinski definition) is 1. The van der Waals surface area contributed by atoms with Crippen molar-refractivity contribution in [1.29, 1.82) is 0 Å². The van der Waals surface area contributed by atoms with Crippen molar-refractivity contribution in [3.8, 4) is 5.75 Å².